The molecule has 0 saturated carbocycles. The van der Waals surface area contributed by atoms with E-state index in [2.05, 4.69) is 231 Å². The third-order valence-corrected chi connectivity index (χ3v) is 13.1. The number of benzene rings is 10. The van der Waals surface area contributed by atoms with Gasteiger partial charge in [-0.3, -0.25) is 0 Å². The first-order valence-electron chi connectivity index (χ1n) is 21.2. The SMILES string of the molecule is CC1(C)c2ccccc2-c2ccc(N(c3ccc(-c4ccc(-c5cccc6ccccc56)cc4)cc3)c3ccccc3-c3cccc4oc5cc6ccccc6cc5c34)cc21. The highest BCUT2D eigenvalue weighted by Gasteiger charge is 2.36. The van der Waals surface area contributed by atoms with Crippen molar-refractivity contribution in [2.45, 2.75) is 19.3 Å². The summed E-state index contributed by atoms with van der Waals surface area (Å²) in [5, 5.41) is 7.15. The van der Waals surface area contributed by atoms with Gasteiger partial charge in [-0.15, -0.1) is 0 Å². The second-order valence-electron chi connectivity index (χ2n) is 16.9. The number of hydrogen-bond acceptors (Lipinski definition) is 2. The zero-order valence-electron chi connectivity index (χ0n) is 34.1. The molecule has 0 aliphatic heterocycles. The molecule has 1 aromatic heterocycles. The van der Waals surface area contributed by atoms with Crippen LogP contribution in [0.5, 0.6) is 0 Å². The van der Waals surface area contributed by atoms with Crippen molar-refractivity contribution in [1.82, 2.24) is 0 Å². The summed E-state index contributed by atoms with van der Waals surface area (Å²) in [6.07, 6.45) is 0. The maximum absolute atomic E-state index is 6.59. The molecule has 0 amide bonds. The first-order chi connectivity index (χ1) is 30.0. The van der Waals surface area contributed by atoms with Crippen molar-refractivity contribution in [1.29, 1.82) is 0 Å². The summed E-state index contributed by atoms with van der Waals surface area (Å²) < 4.78 is 6.59. The van der Waals surface area contributed by atoms with Gasteiger partial charge in [0, 0.05) is 33.1 Å². The van der Waals surface area contributed by atoms with Crippen molar-refractivity contribution in [3.63, 3.8) is 0 Å². The molecule has 61 heavy (non-hydrogen) atoms. The van der Waals surface area contributed by atoms with Crippen LogP contribution in [0.25, 0.3) is 88.0 Å². The van der Waals surface area contributed by atoms with Crippen molar-refractivity contribution in [2.24, 2.45) is 0 Å². The van der Waals surface area contributed by atoms with Gasteiger partial charge in [0.05, 0.1) is 5.69 Å². The Balaban J connectivity index is 1.00. The largest absolute Gasteiger partial charge is 0.456 e. The molecule has 0 bridgehead atoms. The molecular weight excluding hydrogens is 739 g/mol. The maximum atomic E-state index is 6.59. The number of hydrogen-bond donors (Lipinski definition) is 0. The molecule has 1 aliphatic rings. The Morgan fingerprint density at radius 3 is 1.75 bits per heavy atom. The molecule has 0 atom stereocenters. The number of rotatable bonds is 6. The lowest BCUT2D eigenvalue weighted by Crippen LogP contribution is -2.16. The molecule has 0 fully saturated rings. The Labute approximate surface area is 355 Å². The van der Waals surface area contributed by atoms with Crippen LogP contribution in [0, 0.1) is 0 Å². The molecule has 10 aromatic carbocycles. The summed E-state index contributed by atoms with van der Waals surface area (Å²) in [6.45, 7) is 4.71. The summed E-state index contributed by atoms with van der Waals surface area (Å²) in [6, 6.07) is 77.4. The molecule has 1 aliphatic carbocycles. The molecule has 2 heteroatoms. The minimum absolute atomic E-state index is 0.140. The topological polar surface area (TPSA) is 16.4 Å². The molecule has 0 spiro atoms. The minimum Gasteiger partial charge on any atom is -0.456 e. The predicted octanol–water partition coefficient (Wildman–Crippen LogP) is 16.7. The summed E-state index contributed by atoms with van der Waals surface area (Å²) >= 11 is 0. The maximum Gasteiger partial charge on any atom is 0.136 e. The van der Waals surface area contributed by atoms with Crippen LogP contribution < -0.4 is 4.90 Å². The van der Waals surface area contributed by atoms with Gasteiger partial charge in [-0.2, -0.15) is 0 Å². The number of furan rings is 1. The van der Waals surface area contributed by atoms with Crippen LogP contribution in [-0.4, -0.2) is 0 Å². The molecule has 0 radical (unpaired) electrons. The highest BCUT2D eigenvalue weighted by Crippen LogP contribution is 2.52. The van der Waals surface area contributed by atoms with Gasteiger partial charge in [-0.25, -0.2) is 0 Å². The highest BCUT2D eigenvalue weighted by molar-refractivity contribution is 6.16. The third-order valence-electron chi connectivity index (χ3n) is 13.1. The second kappa shape index (κ2) is 13.7. The van der Waals surface area contributed by atoms with E-state index < -0.39 is 0 Å². The first kappa shape index (κ1) is 35.3. The van der Waals surface area contributed by atoms with Gasteiger partial charge < -0.3 is 9.32 Å². The van der Waals surface area contributed by atoms with Crippen molar-refractivity contribution < 1.29 is 4.42 Å². The van der Waals surface area contributed by atoms with Crippen molar-refractivity contribution in [2.75, 3.05) is 4.90 Å². The van der Waals surface area contributed by atoms with E-state index in [1.165, 1.54) is 66.1 Å². The number of para-hydroxylation sites is 1. The molecule has 1 heterocycles. The molecule has 288 valence electrons. The minimum atomic E-state index is -0.140. The lowest BCUT2D eigenvalue weighted by atomic mass is 9.82. The quantitative estimate of drug-likeness (QED) is 0.167. The predicted molar refractivity (Wildman–Crippen MR) is 257 cm³/mol. The number of fused-ring (bicyclic) bond motifs is 8. The van der Waals surface area contributed by atoms with E-state index in [1.54, 1.807) is 0 Å². The van der Waals surface area contributed by atoms with E-state index in [0.29, 0.717) is 0 Å². The van der Waals surface area contributed by atoms with E-state index in [-0.39, 0.29) is 5.41 Å². The van der Waals surface area contributed by atoms with Crippen molar-refractivity contribution >= 4 is 60.5 Å². The lowest BCUT2D eigenvalue weighted by Gasteiger charge is -2.30. The van der Waals surface area contributed by atoms with Crippen LogP contribution in [0.3, 0.4) is 0 Å². The Kier molecular flexibility index (Phi) is 7.92. The van der Waals surface area contributed by atoms with E-state index in [4.69, 9.17) is 4.42 Å². The van der Waals surface area contributed by atoms with E-state index in [0.717, 1.165) is 50.1 Å². The zero-order chi connectivity index (χ0) is 40.7. The normalized spacial score (nSPS) is 12.9. The summed E-state index contributed by atoms with van der Waals surface area (Å²) in [4.78, 5) is 2.44. The van der Waals surface area contributed by atoms with Gasteiger partial charge in [-0.05, 0) is 120 Å². The van der Waals surface area contributed by atoms with Gasteiger partial charge in [0.1, 0.15) is 11.2 Å². The molecular formula is C59H41NO. The first-order valence-corrected chi connectivity index (χ1v) is 21.2. The number of anilines is 3. The van der Waals surface area contributed by atoms with E-state index in [9.17, 15) is 0 Å². The Morgan fingerprint density at radius 1 is 0.361 bits per heavy atom. The molecule has 0 unspecified atom stereocenters. The van der Waals surface area contributed by atoms with E-state index in [1.807, 2.05) is 0 Å². The Morgan fingerprint density at radius 2 is 0.934 bits per heavy atom. The second-order valence-corrected chi connectivity index (χ2v) is 16.9. The van der Waals surface area contributed by atoms with Crippen LogP contribution in [0.15, 0.2) is 217 Å². The Hall–Kier alpha value is -7.68. The monoisotopic (exact) mass is 779 g/mol. The van der Waals surface area contributed by atoms with Gasteiger partial charge in [0.25, 0.3) is 0 Å². The van der Waals surface area contributed by atoms with Crippen LogP contribution in [0.2, 0.25) is 0 Å². The third kappa shape index (κ3) is 5.64. The highest BCUT2D eigenvalue weighted by atomic mass is 16.3. The summed E-state index contributed by atoms with van der Waals surface area (Å²) in [7, 11) is 0. The molecule has 2 nitrogen and oxygen atoms in total. The molecule has 0 N–H and O–H groups in total. The summed E-state index contributed by atoms with van der Waals surface area (Å²) in [5.41, 5.74) is 17.4. The van der Waals surface area contributed by atoms with Crippen LogP contribution in [-0.2, 0) is 5.41 Å². The van der Waals surface area contributed by atoms with Crippen LogP contribution >= 0.6 is 0 Å². The average Bonchev–Trinajstić information content (AvgIpc) is 3.79. The average molecular weight is 780 g/mol. The van der Waals surface area contributed by atoms with Crippen molar-refractivity contribution in [3.05, 3.63) is 223 Å². The Bertz CT molecular complexity index is 3490. The fraction of sp³-hybridized carbons (Fsp3) is 0.0508. The molecule has 0 saturated heterocycles. The molecule has 12 rings (SSSR count). The number of nitrogens with zero attached hydrogens (tertiary/aromatic N) is 1. The van der Waals surface area contributed by atoms with Gasteiger partial charge >= 0.3 is 0 Å². The lowest BCUT2D eigenvalue weighted by molar-refractivity contribution is 0.660. The van der Waals surface area contributed by atoms with E-state index >= 15 is 0 Å². The van der Waals surface area contributed by atoms with Crippen LogP contribution in [0.1, 0.15) is 25.0 Å². The van der Waals surface area contributed by atoms with Gasteiger partial charge in [-0.1, -0.05) is 178 Å². The fourth-order valence-electron chi connectivity index (χ4n) is 10.0. The molecule has 11 aromatic rings. The van der Waals surface area contributed by atoms with Crippen LogP contribution in [0.4, 0.5) is 17.1 Å². The van der Waals surface area contributed by atoms with Gasteiger partial charge in [0.2, 0.25) is 0 Å². The van der Waals surface area contributed by atoms with Crippen molar-refractivity contribution in [3.8, 4) is 44.5 Å². The standard InChI is InChI=1S/C59H41NO/c1-59(2)53-22-9-7-18-48(53)49-34-33-45(37-54(49)59)60(44-31-29-39(30-32-44)38-25-27-41(28-26-38)47-20-11-16-40-13-5-6-17-46(40)47)55-23-10-8-19-50(55)51-21-12-24-56-58(51)52-35-42-14-3-4-15-43(42)36-57(52)61-56/h3-37H,1-2H3. The summed E-state index contributed by atoms with van der Waals surface area (Å²) in [5.74, 6) is 0. The smallest absolute Gasteiger partial charge is 0.136 e. The van der Waals surface area contributed by atoms with Gasteiger partial charge in [0.15, 0.2) is 0 Å². The fourth-order valence-corrected chi connectivity index (χ4v) is 10.0. The zero-order valence-corrected chi connectivity index (χ0v) is 34.1.